The molecule has 0 saturated carbocycles. The zero-order valence-corrected chi connectivity index (χ0v) is 17.1. The Morgan fingerprint density at radius 2 is 1.93 bits per heavy atom. The summed E-state index contributed by atoms with van der Waals surface area (Å²) in [7, 11) is 0. The van der Waals surface area contributed by atoms with Crippen molar-refractivity contribution in [1.29, 1.82) is 0 Å². The lowest BCUT2D eigenvalue weighted by molar-refractivity contribution is 0.0525. The topological polar surface area (TPSA) is 43.4 Å². The first-order valence-electron chi connectivity index (χ1n) is 9.28. The molecule has 5 heteroatoms. The van der Waals surface area contributed by atoms with Crippen LogP contribution in [0.15, 0.2) is 47.4 Å². The van der Waals surface area contributed by atoms with Gasteiger partial charge in [-0.15, -0.1) is 11.8 Å². The Morgan fingerprint density at radius 3 is 2.64 bits per heavy atom. The van der Waals surface area contributed by atoms with E-state index >= 15 is 0 Å². The van der Waals surface area contributed by atoms with Crippen LogP contribution in [0.5, 0.6) is 0 Å². The number of esters is 1. The highest BCUT2D eigenvalue weighted by Crippen LogP contribution is 2.41. The molecule has 0 bridgehead atoms. The lowest BCUT2D eigenvalue weighted by Crippen LogP contribution is -2.23. The summed E-state index contributed by atoms with van der Waals surface area (Å²) in [5.41, 5.74) is 2.21. The molecule has 0 radical (unpaired) electrons. The largest absolute Gasteiger partial charge is 0.462 e. The number of hydrogen-bond donors (Lipinski definition) is 0. The fourth-order valence-electron chi connectivity index (χ4n) is 3.15. The third-order valence-electron chi connectivity index (χ3n) is 4.90. The predicted molar refractivity (Wildman–Crippen MR) is 111 cm³/mol. The molecule has 0 aliphatic carbocycles. The molecule has 3 nitrogen and oxygen atoms in total. The number of halogens is 1. The Morgan fingerprint density at radius 1 is 1.18 bits per heavy atom. The van der Waals surface area contributed by atoms with E-state index in [0.29, 0.717) is 5.56 Å². The van der Waals surface area contributed by atoms with Gasteiger partial charge in [-0.25, -0.2) is 9.18 Å². The fraction of sp³-hybridized carbons (Fsp3) is 0.304. The molecular formula is C23H23FO3S. The van der Waals surface area contributed by atoms with Gasteiger partial charge in [-0.05, 0) is 72.6 Å². The standard InChI is InChI=1S/C23H23FO3S/c1-4-27-22(26)17-6-5-15(19(24)14-17)7-9-20(25)16-8-10-21-18(13-16)23(2,3)11-12-28-21/h5-10,13-14H,4,11-12H2,1-3H3. The summed E-state index contributed by atoms with van der Waals surface area (Å²) >= 11 is 1.81. The SMILES string of the molecule is CCOC(=O)c1ccc(C=CC(=O)c2ccc3c(c2)C(C)(C)CCS3)c(F)c1. The molecule has 146 valence electrons. The molecule has 1 aliphatic heterocycles. The third kappa shape index (κ3) is 4.36. The average molecular weight is 398 g/mol. The van der Waals surface area contributed by atoms with Crippen LogP contribution in [0.1, 0.15) is 59.0 Å². The number of rotatable bonds is 5. The van der Waals surface area contributed by atoms with Gasteiger partial charge in [0.15, 0.2) is 5.78 Å². The molecule has 1 aliphatic rings. The van der Waals surface area contributed by atoms with E-state index < -0.39 is 11.8 Å². The minimum atomic E-state index is -0.572. The molecule has 0 saturated heterocycles. The van der Waals surface area contributed by atoms with E-state index in [0.717, 1.165) is 18.2 Å². The van der Waals surface area contributed by atoms with E-state index in [4.69, 9.17) is 4.74 Å². The molecular weight excluding hydrogens is 375 g/mol. The minimum absolute atomic E-state index is 0.0373. The van der Waals surface area contributed by atoms with Gasteiger partial charge in [-0.2, -0.15) is 0 Å². The molecule has 0 spiro atoms. The first-order chi connectivity index (χ1) is 13.3. The Hall–Kier alpha value is -2.40. The zero-order valence-electron chi connectivity index (χ0n) is 16.3. The quantitative estimate of drug-likeness (QED) is 0.370. The van der Waals surface area contributed by atoms with E-state index in [1.54, 1.807) is 6.92 Å². The number of hydrogen-bond acceptors (Lipinski definition) is 4. The van der Waals surface area contributed by atoms with Crippen molar-refractivity contribution < 1.29 is 18.7 Å². The van der Waals surface area contributed by atoms with E-state index in [9.17, 15) is 14.0 Å². The van der Waals surface area contributed by atoms with Gasteiger partial charge in [0.05, 0.1) is 12.2 Å². The van der Waals surface area contributed by atoms with Crippen LogP contribution in [0.2, 0.25) is 0 Å². The molecule has 0 amide bonds. The highest BCUT2D eigenvalue weighted by molar-refractivity contribution is 7.99. The Balaban J connectivity index is 1.80. The number of fused-ring (bicyclic) bond motifs is 1. The molecule has 0 fully saturated rings. The number of ether oxygens (including phenoxy) is 1. The molecule has 28 heavy (non-hydrogen) atoms. The van der Waals surface area contributed by atoms with Crippen LogP contribution < -0.4 is 0 Å². The second-order valence-corrected chi connectivity index (χ2v) is 8.48. The van der Waals surface area contributed by atoms with Crippen LogP contribution in [0, 0.1) is 5.82 Å². The van der Waals surface area contributed by atoms with Gasteiger partial charge < -0.3 is 4.74 Å². The maximum Gasteiger partial charge on any atom is 0.338 e. The maximum atomic E-state index is 14.3. The predicted octanol–water partition coefficient (Wildman–Crippen LogP) is 5.67. The second-order valence-electron chi connectivity index (χ2n) is 7.35. The summed E-state index contributed by atoms with van der Waals surface area (Å²) in [4.78, 5) is 25.5. The molecule has 2 aromatic carbocycles. The second kappa shape index (κ2) is 8.31. The summed E-state index contributed by atoms with van der Waals surface area (Å²) in [5, 5.41) is 0. The van der Waals surface area contributed by atoms with Crippen molar-refractivity contribution in [3.05, 3.63) is 70.5 Å². The molecule has 3 rings (SSSR count). The van der Waals surface area contributed by atoms with Crippen LogP contribution in [0.4, 0.5) is 4.39 Å². The van der Waals surface area contributed by atoms with E-state index in [1.165, 1.54) is 34.7 Å². The molecule has 1 heterocycles. The van der Waals surface area contributed by atoms with Crippen molar-refractivity contribution in [2.75, 3.05) is 12.4 Å². The van der Waals surface area contributed by atoms with Crippen LogP contribution in [0.25, 0.3) is 6.08 Å². The van der Waals surface area contributed by atoms with E-state index in [-0.39, 0.29) is 28.9 Å². The summed E-state index contributed by atoms with van der Waals surface area (Å²) < 4.78 is 19.1. The van der Waals surface area contributed by atoms with Crippen molar-refractivity contribution >= 4 is 29.6 Å². The number of carbonyl (C=O) groups is 2. The summed E-state index contributed by atoms with van der Waals surface area (Å²) in [5.74, 6) is -0.239. The van der Waals surface area contributed by atoms with Gasteiger partial charge in [-0.3, -0.25) is 4.79 Å². The Bertz CT molecular complexity index is 947. The van der Waals surface area contributed by atoms with Crippen LogP contribution in [-0.2, 0) is 10.2 Å². The van der Waals surface area contributed by atoms with Crippen molar-refractivity contribution in [2.24, 2.45) is 0 Å². The number of thioether (sulfide) groups is 1. The monoisotopic (exact) mass is 398 g/mol. The van der Waals surface area contributed by atoms with Crippen molar-refractivity contribution in [1.82, 2.24) is 0 Å². The third-order valence-corrected chi connectivity index (χ3v) is 5.98. The van der Waals surface area contributed by atoms with Gasteiger partial charge >= 0.3 is 5.97 Å². The number of carbonyl (C=O) groups excluding carboxylic acids is 2. The first kappa shape index (κ1) is 20.3. The number of allylic oxidation sites excluding steroid dienone is 1. The maximum absolute atomic E-state index is 14.3. The van der Waals surface area contributed by atoms with Crippen LogP contribution >= 0.6 is 11.8 Å². The Labute approximate surface area is 169 Å². The molecule has 2 aromatic rings. The molecule has 0 unspecified atom stereocenters. The molecule has 0 aromatic heterocycles. The lowest BCUT2D eigenvalue weighted by atomic mass is 9.81. The summed E-state index contributed by atoms with van der Waals surface area (Å²) in [6.45, 7) is 6.30. The average Bonchev–Trinajstić information content (AvgIpc) is 2.66. The number of ketones is 1. The zero-order chi connectivity index (χ0) is 20.3. The summed E-state index contributed by atoms with van der Waals surface area (Å²) in [6, 6.07) is 9.85. The highest BCUT2D eigenvalue weighted by atomic mass is 32.2. The van der Waals surface area contributed by atoms with Gasteiger partial charge in [0.2, 0.25) is 0 Å². The minimum Gasteiger partial charge on any atom is -0.462 e. The van der Waals surface area contributed by atoms with Gasteiger partial charge in [0.1, 0.15) is 5.82 Å². The highest BCUT2D eigenvalue weighted by Gasteiger charge is 2.28. The van der Waals surface area contributed by atoms with Gasteiger partial charge in [0.25, 0.3) is 0 Å². The number of benzene rings is 2. The molecule has 0 atom stereocenters. The lowest BCUT2D eigenvalue weighted by Gasteiger charge is -2.32. The summed E-state index contributed by atoms with van der Waals surface area (Å²) in [6.07, 6.45) is 3.87. The van der Waals surface area contributed by atoms with E-state index in [1.807, 2.05) is 30.0 Å². The smallest absolute Gasteiger partial charge is 0.338 e. The molecule has 0 N–H and O–H groups in total. The first-order valence-corrected chi connectivity index (χ1v) is 10.3. The van der Waals surface area contributed by atoms with Gasteiger partial charge in [-0.1, -0.05) is 19.9 Å². The normalized spacial score (nSPS) is 15.3. The van der Waals surface area contributed by atoms with Crippen LogP contribution in [-0.4, -0.2) is 24.1 Å². The Kier molecular flexibility index (Phi) is 6.04. The fourth-order valence-corrected chi connectivity index (χ4v) is 4.64. The van der Waals surface area contributed by atoms with Gasteiger partial charge in [0, 0.05) is 16.0 Å². The van der Waals surface area contributed by atoms with Crippen LogP contribution in [0.3, 0.4) is 0 Å². The van der Waals surface area contributed by atoms with Crippen molar-refractivity contribution in [3.63, 3.8) is 0 Å². The van der Waals surface area contributed by atoms with Crippen molar-refractivity contribution in [2.45, 2.75) is 37.5 Å². The van der Waals surface area contributed by atoms with E-state index in [2.05, 4.69) is 13.8 Å². The van der Waals surface area contributed by atoms with Crippen molar-refractivity contribution in [3.8, 4) is 0 Å².